The van der Waals surface area contributed by atoms with Crippen LogP contribution in [0.2, 0.25) is 15.1 Å². The zero-order valence-corrected chi connectivity index (χ0v) is 15.5. The number of benzene rings is 2. The fourth-order valence-electron chi connectivity index (χ4n) is 2.76. The van der Waals surface area contributed by atoms with Gasteiger partial charge in [0.25, 0.3) is 0 Å². The topological polar surface area (TPSA) is 20.0 Å². The van der Waals surface area contributed by atoms with E-state index in [2.05, 4.69) is 16.2 Å². The standard InChI is InChI=1S/C18H18Cl3N3/c19-16-4-2-1-3-15(16)13-23-7-9-24(10-8-23)22-12-14-5-6-17(20)18(21)11-14/h1-6,11-12H,7-10,13H2/p+1. The Hall–Kier alpha value is -1.26. The number of nitrogens with one attached hydrogen (secondary N) is 1. The lowest BCUT2D eigenvalue weighted by Crippen LogP contribution is -3.13. The summed E-state index contributed by atoms with van der Waals surface area (Å²) in [5.74, 6) is 0. The van der Waals surface area contributed by atoms with Gasteiger partial charge in [-0.1, -0.05) is 59.1 Å². The maximum Gasteiger partial charge on any atom is 0.104 e. The number of piperazine rings is 1. The van der Waals surface area contributed by atoms with Crippen molar-refractivity contribution in [2.75, 3.05) is 26.2 Å². The molecule has 0 amide bonds. The monoisotopic (exact) mass is 382 g/mol. The van der Waals surface area contributed by atoms with E-state index in [4.69, 9.17) is 34.8 Å². The molecular formula is C18H19Cl3N3+. The van der Waals surface area contributed by atoms with E-state index in [1.165, 1.54) is 10.5 Å². The summed E-state index contributed by atoms with van der Waals surface area (Å²) in [5.41, 5.74) is 2.16. The van der Waals surface area contributed by atoms with Crippen LogP contribution in [0.3, 0.4) is 0 Å². The number of quaternary nitrogens is 1. The molecule has 0 atom stereocenters. The second-order valence-corrected chi connectivity index (χ2v) is 7.11. The summed E-state index contributed by atoms with van der Waals surface area (Å²) in [7, 11) is 0. The third-order valence-corrected chi connectivity index (χ3v) is 5.27. The van der Waals surface area contributed by atoms with Crippen LogP contribution >= 0.6 is 34.8 Å². The highest BCUT2D eigenvalue weighted by Crippen LogP contribution is 2.21. The highest BCUT2D eigenvalue weighted by Gasteiger charge is 2.19. The highest BCUT2D eigenvalue weighted by molar-refractivity contribution is 6.42. The lowest BCUT2D eigenvalue weighted by molar-refractivity contribution is -0.918. The SMILES string of the molecule is Clc1ccc(C=NN2CC[NH+](Cc3ccccc3Cl)CC2)cc1Cl. The Morgan fingerprint density at radius 1 is 0.958 bits per heavy atom. The van der Waals surface area contributed by atoms with Gasteiger partial charge in [-0.15, -0.1) is 0 Å². The van der Waals surface area contributed by atoms with E-state index in [-0.39, 0.29) is 0 Å². The molecule has 0 radical (unpaired) electrons. The van der Waals surface area contributed by atoms with Gasteiger partial charge in [-0.2, -0.15) is 5.10 Å². The van der Waals surface area contributed by atoms with E-state index in [1.807, 2.05) is 36.5 Å². The largest absolute Gasteiger partial charge is 0.328 e. The van der Waals surface area contributed by atoms with Gasteiger partial charge in [-0.25, -0.2) is 0 Å². The molecule has 3 nitrogen and oxygen atoms in total. The molecule has 1 heterocycles. The van der Waals surface area contributed by atoms with E-state index in [0.717, 1.165) is 43.3 Å². The van der Waals surface area contributed by atoms with Crippen LogP contribution in [0.25, 0.3) is 0 Å². The van der Waals surface area contributed by atoms with Crippen LogP contribution in [0.15, 0.2) is 47.6 Å². The minimum absolute atomic E-state index is 0.551. The molecule has 6 heteroatoms. The number of hydrogen-bond acceptors (Lipinski definition) is 2. The Kier molecular flexibility index (Phi) is 6.01. The van der Waals surface area contributed by atoms with Crippen LogP contribution < -0.4 is 4.90 Å². The Morgan fingerprint density at radius 2 is 1.71 bits per heavy atom. The van der Waals surface area contributed by atoms with Crippen molar-refractivity contribution in [3.63, 3.8) is 0 Å². The van der Waals surface area contributed by atoms with Crippen molar-refractivity contribution in [1.29, 1.82) is 0 Å². The molecule has 2 aromatic carbocycles. The van der Waals surface area contributed by atoms with E-state index >= 15 is 0 Å². The minimum atomic E-state index is 0.551. The number of halogens is 3. The predicted octanol–water partition coefficient (Wildman–Crippen LogP) is 3.38. The number of hydrogen-bond donors (Lipinski definition) is 1. The van der Waals surface area contributed by atoms with Gasteiger partial charge in [0.15, 0.2) is 0 Å². The predicted molar refractivity (Wildman–Crippen MR) is 101 cm³/mol. The molecule has 0 saturated carbocycles. The molecule has 0 aliphatic carbocycles. The van der Waals surface area contributed by atoms with E-state index in [1.54, 1.807) is 6.07 Å². The fraction of sp³-hybridized carbons (Fsp3) is 0.278. The van der Waals surface area contributed by atoms with Crippen molar-refractivity contribution in [1.82, 2.24) is 5.01 Å². The summed E-state index contributed by atoms with van der Waals surface area (Å²) in [5, 5.41) is 8.61. The Bertz CT molecular complexity index is 725. The second-order valence-electron chi connectivity index (χ2n) is 5.89. The lowest BCUT2D eigenvalue weighted by Gasteiger charge is -2.30. The van der Waals surface area contributed by atoms with Gasteiger partial charge < -0.3 is 4.90 Å². The lowest BCUT2D eigenvalue weighted by atomic mass is 10.2. The average Bonchev–Trinajstić information content (AvgIpc) is 2.59. The molecule has 1 aliphatic heterocycles. The molecule has 1 aliphatic rings. The van der Waals surface area contributed by atoms with Crippen LogP contribution in [0, 0.1) is 0 Å². The van der Waals surface area contributed by atoms with Gasteiger partial charge in [0.1, 0.15) is 6.54 Å². The Balaban J connectivity index is 1.52. The third kappa shape index (κ3) is 4.64. The first-order valence-electron chi connectivity index (χ1n) is 7.93. The van der Waals surface area contributed by atoms with Gasteiger partial charge in [-0.05, 0) is 23.8 Å². The van der Waals surface area contributed by atoms with Crippen molar-refractivity contribution in [2.24, 2.45) is 5.10 Å². The minimum Gasteiger partial charge on any atom is -0.328 e. The van der Waals surface area contributed by atoms with Crippen LogP contribution in [0.4, 0.5) is 0 Å². The molecule has 1 saturated heterocycles. The van der Waals surface area contributed by atoms with Crippen LogP contribution in [0.5, 0.6) is 0 Å². The molecule has 1 N–H and O–H groups in total. The van der Waals surface area contributed by atoms with Gasteiger partial charge in [-0.3, -0.25) is 5.01 Å². The van der Waals surface area contributed by atoms with Crippen LogP contribution in [-0.2, 0) is 6.54 Å². The first-order chi connectivity index (χ1) is 11.6. The van der Waals surface area contributed by atoms with Gasteiger partial charge in [0.05, 0.1) is 42.4 Å². The molecule has 0 unspecified atom stereocenters. The van der Waals surface area contributed by atoms with E-state index < -0.39 is 0 Å². The maximum absolute atomic E-state index is 6.25. The first kappa shape index (κ1) is 17.6. The Labute approximate surface area is 157 Å². The van der Waals surface area contributed by atoms with Crippen molar-refractivity contribution in [3.8, 4) is 0 Å². The van der Waals surface area contributed by atoms with Crippen molar-refractivity contribution in [2.45, 2.75) is 6.54 Å². The molecule has 126 valence electrons. The molecule has 24 heavy (non-hydrogen) atoms. The number of rotatable bonds is 4. The second kappa shape index (κ2) is 8.21. The summed E-state index contributed by atoms with van der Waals surface area (Å²) in [4.78, 5) is 1.53. The van der Waals surface area contributed by atoms with E-state index in [9.17, 15) is 0 Å². The summed E-state index contributed by atoms with van der Waals surface area (Å²) < 4.78 is 0. The maximum atomic E-state index is 6.25. The molecule has 0 aromatic heterocycles. The summed E-state index contributed by atoms with van der Waals surface area (Å²) >= 11 is 18.2. The normalized spacial score (nSPS) is 16.0. The molecule has 0 bridgehead atoms. The molecular weight excluding hydrogens is 365 g/mol. The number of hydrazone groups is 1. The zero-order chi connectivity index (χ0) is 16.9. The van der Waals surface area contributed by atoms with Gasteiger partial charge in [0.2, 0.25) is 0 Å². The quantitative estimate of drug-likeness (QED) is 0.802. The molecule has 2 aromatic rings. The average molecular weight is 384 g/mol. The van der Waals surface area contributed by atoms with Crippen molar-refractivity contribution >= 4 is 41.0 Å². The van der Waals surface area contributed by atoms with Crippen molar-refractivity contribution in [3.05, 3.63) is 68.7 Å². The zero-order valence-electron chi connectivity index (χ0n) is 13.2. The molecule has 0 spiro atoms. The summed E-state index contributed by atoms with van der Waals surface area (Å²) in [6.45, 7) is 4.91. The van der Waals surface area contributed by atoms with Gasteiger partial charge >= 0.3 is 0 Å². The number of nitrogens with zero attached hydrogens (tertiary/aromatic N) is 2. The van der Waals surface area contributed by atoms with Crippen LogP contribution in [0.1, 0.15) is 11.1 Å². The molecule has 1 fully saturated rings. The Morgan fingerprint density at radius 3 is 2.42 bits per heavy atom. The third-order valence-electron chi connectivity index (χ3n) is 4.16. The van der Waals surface area contributed by atoms with Crippen LogP contribution in [-0.4, -0.2) is 37.4 Å². The summed E-state index contributed by atoms with van der Waals surface area (Å²) in [6, 6.07) is 13.6. The molecule has 3 rings (SSSR count). The fourth-order valence-corrected chi connectivity index (χ4v) is 3.26. The van der Waals surface area contributed by atoms with E-state index in [0.29, 0.717) is 10.0 Å². The summed E-state index contributed by atoms with van der Waals surface area (Å²) in [6.07, 6.45) is 1.83. The first-order valence-corrected chi connectivity index (χ1v) is 9.06. The smallest absolute Gasteiger partial charge is 0.104 e. The van der Waals surface area contributed by atoms with Crippen molar-refractivity contribution < 1.29 is 4.90 Å². The van der Waals surface area contributed by atoms with Gasteiger partial charge in [0, 0.05) is 10.6 Å². The highest BCUT2D eigenvalue weighted by atomic mass is 35.5.